The van der Waals surface area contributed by atoms with Crippen LogP contribution in [0.3, 0.4) is 0 Å². The Balaban J connectivity index is 1.98. The van der Waals surface area contributed by atoms with Crippen molar-refractivity contribution in [1.82, 2.24) is 4.98 Å². The van der Waals surface area contributed by atoms with Crippen molar-refractivity contribution in [1.29, 1.82) is 0 Å². The summed E-state index contributed by atoms with van der Waals surface area (Å²) >= 11 is 0. The molecular weight excluding hydrogens is 402 g/mol. The number of aromatic nitrogens is 1. The molecule has 5 rings (SSSR count). The van der Waals surface area contributed by atoms with Gasteiger partial charge in [0, 0.05) is 22.5 Å². The minimum absolute atomic E-state index is 0.0937. The van der Waals surface area contributed by atoms with E-state index in [1.165, 1.54) is 40.3 Å². The number of fused-ring (bicyclic) bond motifs is 5. The lowest BCUT2D eigenvalue weighted by atomic mass is 9.59. The average Bonchev–Trinajstić information content (AvgIpc) is 3.13. The predicted octanol–water partition coefficient (Wildman–Crippen LogP) is 8.89. The second-order valence-electron chi connectivity index (χ2n) is 12.6. The molecular formula is C31H37NO. The van der Waals surface area contributed by atoms with Crippen molar-refractivity contribution in [3.05, 3.63) is 64.8 Å². The number of hydrogen-bond acceptors (Lipinski definition) is 2. The summed E-state index contributed by atoms with van der Waals surface area (Å²) in [5.41, 5.74) is 10.3. The van der Waals surface area contributed by atoms with E-state index in [2.05, 4.69) is 85.7 Å². The van der Waals surface area contributed by atoms with E-state index >= 15 is 0 Å². The van der Waals surface area contributed by atoms with Crippen molar-refractivity contribution in [2.75, 3.05) is 0 Å². The van der Waals surface area contributed by atoms with Crippen LogP contribution in [0, 0.1) is 12.3 Å². The third-order valence-corrected chi connectivity index (χ3v) is 7.68. The van der Waals surface area contributed by atoms with E-state index in [0.29, 0.717) is 0 Å². The van der Waals surface area contributed by atoms with Crippen LogP contribution in [0.1, 0.15) is 83.6 Å². The Kier molecular flexibility index (Phi) is 4.84. The summed E-state index contributed by atoms with van der Waals surface area (Å²) in [6.07, 6.45) is 5.40. The fourth-order valence-electron chi connectivity index (χ4n) is 5.99. The summed E-state index contributed by atoms with van der Waals surface area (Å²) in [4.78, 5) is 4.77. The maximum atomic E-state index is 6.79. The van der Waals surface area contributed by atoms with Gasteiger partial charge in [0.15, 0.2) is 5.58 Å². The molecule has 0 saturated heterocycles. The second kappa shape index (κ2) is 7.19. The molecule has 1 aliphatic rings. The largest absolute Gasteiger partial charge is 0.453 e. The highest BCUT2D eigenvalue weighted by Crippen LogP contribution is 2.54. The normalized spacial score (nSPS) is 17.5. The van der Waals surface area contributed by atoms with Gasteiger partial charge in [-0.2, -0.15) is 0 Å². The molecule has 1 aliphatic carbocycles. The fourth-order valence-corrected chi connectivity index (χ4v) is 5.99. The van der Waals surface area contributed by atoms with Crippen molar-refractivity contribution >= 4 is 21.9 Å². The Morgan fingerprint density at radius 2 is 1.52 bits per heavy atom. The second-order valence-corrected chi connectivity index (χ2v) is 12.6. The molecule has 0 fully saturated rings. The van der Waals surface area contributed by atoms with Gasteiger partial charge in [-0.15, -0.1) is 0 Å². The summed E-state index contributed by atoms with van der Waals surface area (Å²) in [6.45, 7) is 19.1. The van der Waals surface area contributed by atoms with E-state index in [9.17, 15) is 0 Å². The summed E-state index contributed by atoms with van der Waals surface area (Å²) < 4.78 is 6.79. The van der Waals surface area contributed by atoms with Gasteiger partial charge in [-0.1, -0.05) is 78.8 Å². The van der Waals surface area contributed by atoms with Crippen LogP contribution in [0.4, 0.5) is 0 Å². The molecule has 0 spiro atoms. The molecule has 0 amide bonds. The first-order chi connectivity index (χ1) is 15.4. The van der Waals surface area contributed by atoms with Gasteiger partial charge in [-0.05, 0) is 70.8 Å². The summed E-state index contributed by atoms with van der Waals surface area (Å²) in [7, 11) is 0. The van der Waals surface area contributed by atoms with E-state index in [-0.39, 0.29) is 16.2 Å². The van der Waals surface area contributed by atoms with Gasteiger partial charge in [-0.25, -0.2) is 0 Å². The standard InChI is InChI=1S/C31H37NO/c1-19-22(18-29(2,3)4)24-25(31(7,8)16-15-30(24,5)6)23-21-14-17-32-26(28(21)33-27(19)23)20-12-10-9-11-13-20/h9-14,17H,15-16,18H2,1-8H3. The first kappa shape index (κ1) is 22.2. The zero-order valence-corrected chi connectivity index (χ0v) is 21.5. The number of benzene rings is 2. The highest BCUT2D eigenvalue weighted by molar-refractivity contribution is 6.12. The van der Waals surface area contributed by atoms with Gasteiger partial charge in [0.2, 0.25) is 0 Å². The first-order valence-electron chi connectivity index (χ1n) is 12.3. The Morgan fingerprint density at radius 1 is 0.879 bits per heavy atom. The molecule has 0 aliphatic heterocycles. The van der Waals surface area contributed by atoms with Crippen molar-refractivity contribution in [3.8, 4) is 11.3 Å². The maximum absolute atomic E-state index is 6.79. The van der Waals surface area contributed by atoms with Gasteiger partial charge in [0.05, 0.1) is 0 Å². The minimum atomic E-state index is 0.0937. The molecule has 0 unspecified atom stereocenters. The summed E-state index contributed by atoms with van der Waals surface area (Å²) in [6, 6.07) is 12.6. The molecule has 0 saturated carbocycles. The lowest BCUT2D eigenvalue weighted by Gasteiger charge is -2.44. The van der Waals surface area contributed by atoms with Crippen LogP contribution in [-0.4, -0.2) is 4.98 Å². The maximum Gasteiger partial charge on any atom is 0.161 e. The lowest BCUT2D eigenvalue weighted by molar-refractivity contribution is 0.326. The highest BCUT2D eigenvalue weighted by atomic mass is 16.3. The van der Waals surface area contributed by atoms with Crippen LogP contribution < -0.4 is 0 Å². The van der Waals surface area contributed by atoms with Crippen molar-refractivity contribution in [2.45, 2.75) is 85.5 Å². The van der Waals surface area contributed by atoms with E-state index in [0.717, 1.165) is 28.8 Å². The lowest BCUT2D eigenvalue weighted by Crippen LogP contribution is -2.36. The molecule has 2 aromatic heterocycles. The van der Waals surface area contributed by atoms with Crippen LogP contribution in [0.15, 0.2) is 47.0 Å². The number of aryl methyl sites for hydroxylation is 1. The van der Waals surface area contributed by atoms with E-state index < -0.39 is 0 Å². The van der Waals surface area contributed by atoms with Gasteiger partial charge in [0.1, 0.15) is 11.3 Å². The number of nitrogens with zero attached hydrogens (tertiary/aromatic N) is 1. The van der Waals surface area contributed by atoms with E-state index in [1.54, 1.807) is 5.56 Å². The summed E-state index contributed by atoms with van der Waals surface area (Å²) in [5.74, 6) is 0. The minimum Gasteiger partial charge on any atom is -0.453 e. The van der Waals surface area contributed by atoms with Crippen LogP contribution in [0.25, 0.3) is 33.2 Å². The van der Waals surface area contributed by atoms with Crippen molar-refractivity contribution < 1.29 is 4.42 Å². The topological polar surface area (TPSA) is 26.0 Å². The third-order valence-electron chi connectivity index (χ3n) is 7.68. The fraction of sp³-hybridized carbons (Fsp3) is 0.452. The monoisotopic (exact) mass is 439 g/mol. The predicted molar refractivity (Wildman–Crippen MR) is 140 cm³/mol. The molecule has 33 heavy (non-hydrogen) atoms. The Labute approximate surface area is 198 Å². The zero-order chi connectivity index (χ0) is 23.8. The number of hydrogen-bond donors (Lipinski definition) is 0. The van der Waals surface area contributed by atoms with Crippen molar-refractivity contribution in [3.63, 3.8) is 0 Å². The molecule has 2 heterocycles. The number of pyridine rings is 1. The SMILES string of the molecule is Cc1c(CC(C)(C)C)c2c(c3c1oc1c(-c4ccccc4)nccc13)C(C)(C)CCC2(C)C. The molecule has 2 aromatic carbocycles. The third kappa shape index (κ3) is 3.50. The number of furan rings is 1. The first-order valence-corrected chi connectivity index (χ1v) is 12.3. The summed E-state index contributed by atoms with van der Waals surface area (Å²) in [5, 5.41) is 2.51. The quantitative estimate of drug-likeness (QED) is 0.312. The molecule has 0 bridgehead atoms. The van der Waals surface area contributed by atoms with E-state index in [4.69, 9.17) is 9.40 Å². The zero-order valence-electron chi connectivity index (χ0n) is 21.5. The van der Waals surface area contributed by atoms with Crippen LogP contribution >= 0.6 is 0 Å². The smallest absolute Gasteiger partial charge is 0.161 e. The molecule has 0 radical (unpaired) electrons. The van der Waals surface area contributed by atoms with Crippen LogP contribution in [0.2, 0.25) is 0 Å². The molecule has 0 atom stereocenters. The van der Waals surface area contributed by atoms with Gasteiger partial charge in [0.25, 0.3) is 0 Å². The molecule has 0 N–H and O–H groups in total. The van der Waals surface area contributed by atoms with Crippen molar-refractivity contribution in [2.24, 2.45) is 5.41 Å². The number of rotatable bonds is 2. The molecule has 172 valence electrons. The average molecular weight is 440 g/mol. The van der Waals surface area contributed by atoms with Crippen LogP contribution in [-0.2, 0) is 17.3 Å². The molecule has 2 heteroatoms. The van der Waals surface area contributed by atoms with Gasteiger partial charge < -0.3 is 4.42 Å². The Bertz CT molecular complexity index is 1360. The van der Waals surface area contributed by atoms with Gasteiger partial charge in [-0.3, -0.25) is 4.98 Å². The van der Waals surface area contributed by atoms with Gasteiger partial charge >= 0.3 is 0 Å². The van der Waals surface area contributed by atoms with E-state index in [1.807, 2.05) is 12.3 Å². The highest BCUT2D eigenvalue weighted by Gasteiger charge is 2.42. The molecule has 2 nitrogen and oxygen atoms in total. The Hall–Kier alpha value is -2.61. The van der Waals surface area contributed by atoms with Crippen LogP contribution in [0.5, 0.6) is 0 Å². The molecule has 4 aromatic rings. The Morgan fingerprint density at radius 3 is 2.15 bits per heavy atom.